The summed E-state index contributed by atoms with van der Waals surface area (Å²) in [5.74, 6) is 1.52. The minimum absolute atomic E-state index is 0.503. The number of tetrazole rings is 1. The van der Waals surface area contributed by atoms with Crippen LogP contribution in [-0.2, 0) is 13.1 Å². The van der Waals surface area contributed by atoms with Crippen molar-refractivity contribution in [3.05, 3.63) is 63.9 Å². The van der Waals surface area contributed by atoms with Gasteiger partial charge in [-0.05, 0) is 40.8 Å². The average molecular weight is 456 g/mol. The van der Waals surface area contributed by atoms with Crippen molar-refractivity contribution >= 4 is 44.5 Å². The molecule has 2 aromatic carbocycles. The van der Waals surface area contributed by atoms with Crippen molar-refractivity contribution in [1.29, 1.82) is 0 Å². The predicted octanol–water partition coefficient (Wildman–Crippen LogP) is 2.60. The van der Waals surface area contributed by atoms with Gasteiger partial charge in [0.15, 0.2) is 5.82 Å². The summed E-state index contributed by atoms with van der Waals surface area (Å²) in [6.45, 7) is 1.07. The fraction of sp³-hybridized carbons (Fsp3) is 0.118. The molecule has 0 aliphatic rings. The monoisotopic (exact) mass is 456 g/mol. The largest absolute Gasteiger partial charge is 0.319 e. The number of nitrogens with one attached hydrogen (secondary N) is 1. The van der Waals surface area contributed by atoms with E-state index in [1.807, 2.05) is 35.0 Å². The molecule has 0 aliphatic heterocycles. The maximum Gasteiger partial charge on any atom is 0.194 e. The highest BCUT2D eigenvalue weighted by Crippen LogP contribution is 2.22. The van der Waals surface area contributed by atoms with Gasteiger partial charge >= 0.3 is 0 Å². The van der Waals surface area contributed by atoms with E-state index in [-0.39, 0.29) is 0 Å². The molecule has 0 fully saturated rings. The Hall–Kier alpha value is -2.82. The predicted molar refractivity (Wildman–Crippen MR) is 105 cm³/mol. The minimum Gasteiger partial charge on any atom is -0.319 e. The first-order valence-electron chi connectivity index (χ1n) is 8.07. The highest BCUT2D eigenvalue weighted by molar-refractivity contribution is 14.1. The van der Waals surface area contributed by atoms with E-state index in [2.05, 4.69) is 66.0 Å². The fourth-order valence-electron chi connectivity index (χ4n) is 3.15. The molecule has 0 saturated carbocycles. The summed E-state index contributed by atoms with van der Waals surface area (Å²) in [6, 6.07) is 16.3. The molecule has 0 amide bonds. The highest BCUT2D eigenvalue weighted by Gasteiger charge is 2.15. The number of aromatic nitrogens is 8. The number of imidazole rings is 1. The molecular formula is C17H13IN8. The Morgan fingerprint density at radius 3 is 2.62 bits per heavy atom. The third-order valence-electron chi connectivity index (χ3n) is 4.33. The van der Waals surface area contributed by atoms with Gasteiger partial charge in [-0.2, -0.15) is 10.3 Å². The average Bonchev–Trinajstić information content (AvgIpc) is 3.37. The number of aromatic amines is 1. The summed E-state index contributed by atoms with van der Waals surface area (Å²) < 4.78 is 5.09. The van der Waals surface area contributed by atoms with Gasteiger partial charge in [-0.15, -0.1) is 10.2 Å². The Balaban J connectivity index is 1.64. The number of hydrogen-bond acceptors (Lipinski definition) is 5. The van der Waals surface area contributed by atoms with Crippen molar-refractivity contribution in [2.45, 2.75) is 13.1 Å². The normalized spacial score (nSPS) is 11.6. The van der Waals surface area contributed by atoms with Crippen LogP contribution in [0.4, 0.5) is 0 Å². The lowest BCUT2D eigenvalue weighted by molar-refractivity contribution is 0.625. The molecule has 0 bridgehead atoms. The van der Waals surface area contributed by atoms with E-state index in [4.69, 9.17) is 10.1 Å². The van der Waals surface area contributed by atoms with Crippen molar-refractivity contribution in [3.63, 3.8) is 0 Å². The van der Waals surface area contributed by atoms with Crippen LogP contribution in [0.3, 0.4) is 0 Å². The summed E-state index contributed by atoms with van der Waals surface area (Å²) >= 11 is 2.27. The number of H-pyrrole nitrogens is 1. The van der Waals surface area contributed by atoms with Gasteiger partial charge in [-0.1, -0.05) is 35.5 Å². The van der Waals surface area contributed by atoms with Crippen molar-refractivity contribution < 1.29 is 0 Å². The van der Waals surface area contributed by atoms with Crippen LogP contribution in [0.15, 0.2) is 48.5 Å². The van der Waals surface area contributed by atoms with Crippen LogP contribution in [0, 0.1) is 3.70 Å². The van der Waals surface area contributed by atoms with E-state index >= 15 is 0 Å². The Morgan fingerprint density at radius 1 is 0.962 bits per heavy atom. The highest BCUT2D eigenvalue weighted by atomic mass is 127. The van der Waals surface area contributed by atoms with Gasteiger partial charge in [0.2, 0.25) is 0 Å². The maximum absolute atomic E-state index is 4.82. The zero-order valence-corrected chi connectivity index (χ0v) is 15.7. The molecule has 3 heterocycles. The zero-order valence-electron chi connectivity index (χ0n) is 13.5. The van der Waals surface area contributed by atoms with Gasteiger partial charge < -0.3 is 4.57 Å². The van der Waals surface area contributed by atoms with Crippen molar-refractivity contribution in [2.24, 2.45) is 0 Å². The van der Waals surface area contributed by atoms with Crippen LogP contribution >= 0.6 is 22.6 Å². The zero-order chi connectivity index (χ0) is 17.5. The molecule has 9 heteroatoms. The molecule has 3 aromatic heterocycles. The van der Waals surface area contributed by atoms with Gasteiger partial charge in [-0.25, -0.2) is 4.98 Å². The Bertz CT molecular complexity index is 1200. The molecule has 5 aromatic rings. The smallest absolute Gasteiger partial charge is 0.194 e. The van der Waals surface area contributed by atoms with Gasteiger partial charge in [0.1, 0.15) is 9.53 Å². The van der Waals surface area contributed by atoms with Crippen LogP contribution in [0.1, 0.15) is 11.6 Å². The number of nitrogens with zero attached hydrogens (tertiary/aromatic N) is 7. The standard InChI is InChI=1S/C17H13IN8/c18-17-11-5-1-3-7-13(11)26(22-17)10-16-19-12-6-2-4-8-14(12)25(16)9-15-20-23-24-21-15/h1-8H,9-10H2,(H,20,21,23,24). The molecule has 128 valence electrons. The van der Waals surface area contributed by atoms with Crippen molar-refractivity contribution in [1.82, 2.24) is 40.0 Å². The minimum atomic E-state index is 0.503. The van der Waals surface area contributed by atoms with Crippen LogP contribution in [0.2, 0.25) is 0 Å². The topological polar surface area (TPSA) is 90.1 Å². The Kier molecular flexibility index (Phi) is 3.66. The summed E-state index contributed by atoms with van der Waals surface area (Å²) in [4.78, 5) is 4.82. The Morgan fingerprint density at radius 2 is 1.77 bits per heavy atom. The molecule has 0 saturated heterocycles. The molecule has 0 atom stereocenters. The number of hydrogen-bond donors (Lipinski definition) is 1. The SMILES string of the molecule is Ic1nn(Cc2nc3ccccc3n2Cc2nn[nH]n2)c2ccccc12. The molecule has 0 spiro atoms. The van der Waals surface area contributed by atoms with E-state index in [0.29, 0.717) is 18.9 Å². The van der Waals surface area contributed by atoms with E-state index < -0.39 is 0 Å². The fourth-order valence-corrected chi connectivity index (χ4v) is 3.87. The summed E-state index contributed by atoms with van der Waals surface area (Å²) in [6.07, 6.45) is 0. The van der Waals surface area contributed by atoms with E-state index in [1.165, 1.54) is 0 Å². The molecule has 0 radical (unpaired) electrons. The second-order valence-corrected chi connectivity index (χ2v) is 6.92. The number of fused-ring (bicyclic) bond motifs is 2. The number of halogens is 1. The Labute approximate surface area is 161 Å². The summed E-state index contributed by atoms with van der Waals surface area (Å²) in [5, 5.41) is 20.2. The first kappa shape index (κ1) is 15.4. The second kappa shape index (κ2) is 6.16. The third-order valence-corrected chi connectivity index (χ3v) is 5.12. The van der Waals surface area contributed by atoms with E-state index in [0.717, 1.165) is 31.5 Å². The molecule has 26 heavy (non-hydrogen) atoms. The number of para-hydroxylation sites is 3. The van der Waals surface area contributed by atoms with Gasteiger partial charge in [0, 0.05) is 5.39 Å². The first-order valence-corrected chi connectivity index (χ1v) is 9.15. The van der Waals surface area contributed by atoms with E-state index in [1.54, 1.807) is 0 Å². The lowest BCUT2D eigenvalue weighted by Gasteiger charge is -2.08. The number of rotatable bonds is 4. The molecule has 5 rings (SSSR count). The van der Waals surface area contributed by atoms with Crippen LogP contribution in [0.5, 0.6) is 0 Å². The van der Waals surface area contributed by atoms with Crippen molar-refractivity contribution in [2.75, 3.05) is 0 Å². The van der Waals surface area contributed by atoms with Crippen LogP contribution in [0.25, 0.3) is 21.9 Å². The van der Waals surface area contributed by atoms with Gasteiger partial charge in [-0.3, -0.25) is 4.68 Å². The summed E-state index contributed by atoms with van der Waals surface area (Å²) in [5.41, 5.74) is 3.07. The number of benzene rings is 2. The first-order chi connectivity index (χ1) is 12.8. The third kappa shape index (κ3) is 2.55. The molecule has 0 aliphatic carbocycles. The van der Waals surface area contributed by atoms with Crippen LogP contribution in [-0.4, -0.2) is 40.0 Å². The molecular weight excluding hydrogens is 443 g/mol. The van der Waals surface area contributed by atoms with E-state index in [9.17, 15) is 0 Å². The van der Waals surface area contributed by atoms with Crippen LogP contribution < -0.4 is 0 Å². The maximum atomic E-state index is 4.82. The summed E-state index contributed by atoms with van der Waals surface area (Å²) in [7, 11) is 0. The van der Waals surface area contributed by atoms with Crippen molar-refractivity contribution in [3.8, 4) is 0 Å². The lowest BCUT2D eigenvalue weighted by atomic mass is 10.2. The van der Waals surface area contributed by atoms with Gasteiger partial charge in [0.25, 0.3) is 0 Å². The quantitative estimate of drug-likeness (QED) is 0.420. The molecule has 8 nitrogen and oxygen atoms in total. The second-order valence-electron chi connectivity index (χ2n) is 5.90. The van der Waals surface area contributed by atoms with Gasteiger partial charge in [0.05, 0.1) is 29.6 Å². The molecule has 0 unspecified atom stereocenters. The molecule has 1 N–H and O–H groups in total. The lowest BCUT2D eigenvalue weighted by Crippen LogP contribution is -2.11.